The minimum absolute atomic E-state index is 0.204. The second-order valence-corrected chi connectivity index (χ2v) is 4.97. The average molecular weight is 331 g/mol. The number of halogens is 1. The molecule has 6 heteroatoms. The number of allylic oxidation sites excluding steroid dienone is 1. The molecule has 2 N–H and O–H groups in total. The maximum absolute atomic E-state index is 11.9. The lowest BCUT2D eigenvalue weighted by Gasteiger charge is -2.06. The van der Waals surface area contributed by atoms with Gasteiger partial charge in [0.2, 0.25) is 0 Å². The average Bonchev–Trinajstić information content (AvgIpc) is 2.59. The highest BCUT2D eigenvalue weighted by molar-refractivity contribution is 6.30. The molecule has 0 aliphatic heterocycles. The molecular formula is C17H15ClN2O3. The molecule has 0 bridgehead atoms. The summed E-state index contributed by atoms with van der Waals surface area (Å²) < 4.78 is 5.05. The number of hydrazine groups is 1. The highest BCUT2D eigenvalue weighted by Gasteiger charge is 2.05. The zero-order valence-electron chi connectivity index (χ0n) is 12.4. The van der Waals surface area contributed by atoms with Gasteiger partial charge in [-0.1, -0.05) is 17.7 Å². The van der Waals surface area contributed by atoms with Crippen LogP contribution in [0, 0.1) is 0 Å². The molecule has 1 amide bonds. The van der Waals surface area contributed by atoms with Gasteiger partial charge in [-0.2, -0.15) is 0 Å². The summed E-state index contributed by atoms with van der Waals surface area (Å²) in [5.41, 5.74) is 5.97. The van der Waals surface area contributed by atoms with Gasteiger partial charge in [-0.05, 0) is 42.5 Å². The van der Waals surface area contributed by atoms with Crippen molar-refractivity contribution < 1.29 is 14.3 Å². The van der Waals surface area contributed by atoms with Crippen molar-refractivity contribution in [2.75, 3.05) is 7.11 Å². The molecule has 2 aromatic rings. The highest BCUT2D eigenvalue weighted by atomic mass is 35.5. The summed E-state index contributed by atoms with van der Waals surface area (Å²) in [7, 11) is 1.53. The number of amides is 1. The van der Waals surface area contributed by atoms with Gasteiger partial charge in [-0.3, -0.25) is 15.0 Å². The largest absolute Gasteiger partial charge is 0.497 e. The van der Waals surface area contributed by atoms with E-state index < -0.39 is 0 Å². The van der Waals surface area contributed by atoms with Gasteiger partial charge in [0, 0.05) is 28.4 Å². The van der Waals surface area contributed by atoms with E-state index in [2.05, 4.69) is 10.9 Å². The lowest BCUT2D eigenvalue weighted by molar-refractivity contribution is 0.0938. The molecule has 0 atom stereocenters. The third kappa shape index (κ3) is 4.86. The first kappa shape index (κ1) is 16.6. The van der Waals surface area contributed by atoms with Crippen LogP contribution in [0.5, 0.6) is 5.75 Å². The number of ether oxygens (including phenoxy) is 1. The molecule has 5 nitrogen and oxygen atoms in total. The third-order valence-electron chi connectivity index (χ3n) is 2.96. The lowest BCUT2D eigenvalue weighted by atomic mass is 10.1. The van der Waals surface area contributed by atoms with Gasteiger partial charge in [-0.15, -0.1) is 0 Å². The van der Waals surface area contributed by atoms with Crippen molar-refractivity contribution in [1.29, 1.82) is 0 Å². The van der Waals surface area contributed by atoms with Crippen molar-refractivity contribution in [2.24, 2.45) is 0 Å². The topological polar surface area (TPSA) is 67.4 Å². The summed E-state index contributed by atoms with van der Waals surface area (Å²) in [6, 6.07) is 13.3. The number of ketones is 1. The summed E-state index contributed by atoms with van der Waals surface area (Å²) in [6.07, 6.45) is 2.67. The number of hydrogen-bond donors (Lipinski definition) is 2. The smallest absolute Gasteiger partial charge is 0.269 e. The SMILES string of the molecule is COc1cccc(C(=O)NN/C=C/C(=O)c2ccc(Cl)cc2)c1. The summed E-state index contributed by atoms with van der Waals surface area (Å²) in [4.78, 5) is 23.8. The van der Waals surface area contributed by atoms with Crippen molar-refractivity contribution in [1.82, 2.24) is 10.9 Å². The number of methoxy groups -OCH3 is 1. The Balaban J connectivity index is 1.87. The maximum atomic E-state index is 11.9. The van der Waals surface area contributed by atoms with Gasteiger partial charge in [0.15, 0.2) is 5.78 Å². The molecule has 0 spiro atoms. The van der Waals surface area contributed by atoms with E-state index >= 15 is 0 Å². The normalized spacial score (nSPS) is 10.3. The molecule has 23 heavy (non-hydrogen) atoms. The second-order valence-electron chi connectivity index (χ2n) is 4.53. The lowest BCUT2D eigenvalue weighted by Crippen LogP contribution is -2.33. The number of hydrogen-bond acceptors (Lipinski definition) is 4. The van der Waals surface area contributed by atoms with E-state index in [0.717, 1.165) is 0 Å². The minimum Gasteiger partial charge on any atom is -0.497 e. The summed E-state index contributed by atoms with van der Waals surface area (Å²) in [5.74, 6) is 0.0448. The molecule has 0 radical (unpaired) electrons. The Bertz CT molecular complexity index is 727. The van der Waals surface area contributed by atoms with E-state index in [9.17, 15) is 9.59 Å². The Morgan fingerprint density at radius 2 is 1.83 bits per heavy atom. The Morgan fingerprint density at radius 3 is 2.52 bits per heavy atom. The van der Waals surface area contributed by atoms with Crippen molar-refractivity contribution in [3.8, 4) is 5.75 Å². The Hall–Kier alpha value is -2.79. The van der Waals surface area contributed by atoms with Crippen LogP contribution in [0.1, 0.15) is 20.7 Å². The molecule has 0 heterocycles. The molecule has 0 unspecified atom stereocenters. The van der Waals surface area contributed by atoms with Crippen molar-refractivity contribution in [2.45, 2.75) is 0 Å². The molecule has 0 aliphatic carbocycles. The van der Waals surface area contributed by atoms with Crippen LogP contribution >= 0.6 is 11.6 Å². The van der Waals surface area contributed by atoms with Crippen LogP contribution in [0.3, 0.4) is 0 Å². The number of rotatable bonds is 6. The molecule has 2 rings (SSSR count). The van der Waals surface area contributed by atoms with Crippen LogP contribution < -0.4 is 15.6 Å². The number of nitrogens with one attached hydrogen (secondary N) is 2. The van der Waals surface area contributed by atoms with Crippen molar-refractivity contribution in [3.05, 3.63) is 77.0 Å². The van der Waals surface area contributed by atoms with Crippen LogP contribution in [0.15, 0.2) is 60.8 Å². The summed E-state index contributed by atoms with van der Waals surface area (Å²) in [5, 5.41) is 0.564. The fourth-order valence-electron chi connectivity index (χ4n) is 1.77. The Labute approximate surface area is 138 Å². The fourth-order valence-corrected chi connectivity index (χ4v) is 1.90. The van der Waals surface area contributed by atoms with Gasteiger partial charge >= 0.3 is 0 Å². The van der Waals surface area contributed by atoms with Crippen LogP contribution in [0.4, 0.5) is 0 Å². The van der Waals surface area contributed by atoms with Gasteiger partial charge in [0.1, 0.15) is 5.75 Å². The van der Waals surface area contributed by atoms with Gasteiger partial charge in [0.05, 0.1) is 7.11 Å². The minimum atomic E-state index is -0.340. The van der Waals surface area contributed by atoms with Crippen LogP contribution in [-0.2, 0) is 0 Å². The molecule has 0 saturated heterocycles. The monoisotopic (exact) mass is 330 g/mol. The Morgan fingerprint density at radius 1 is 1.09 bits per heavy atom. The van der Waals surface area contributed by atoms with Crippen LogP contribution in [-0.4, -0.2) is 18.8 Å². The predicted molar refractivity (Wildman–Crippen MR) is 88.5 cm³/mol. The van der Waals surface area contributed by atoms with E-state index in [4.69, 9.17) is 16.3 Å². The van der Waals surface area contributed by atoms with Gasteiger partial charge < -0.3 is 10.2 Å². The molecule has 0 aliphatic rings. The van der Waals surface area contributed by atoms with E-state index in [1.807, 2.05) is 0 Å². The summed E-state index contributed by atoms with van der Waals surface area (Å²) >= 11 is 5.76. The van der Waals surface area contributed by atoms with E-state index in [1.165, 1.54) is 19.4 Å². The maximum Gasteiger partial charge on any atom is 0.269 e. The number of benzene rings is 2. The molecule has 118 valence electrons. The first-order chi connectivity index (χ1) is 11.1. The van der Waals surface area contributed by atoms with Crippen molar-refractivity contribution >= 4 is 23.3 Å². The molecule has 2 aromatic carbocycles. The second kappa shape index (κ2) is 8.00. The first-order valence-corrected chi connectivity index (χ1v) is 7.14. The quantitative estimate of drug-likeness (QED) is 0.485. The van der Waals surface area contributed by atoms with E-state index in [1.54, 1.807) is 48.5 Å². The standard InChI is InChI=1S/C17H15ClN2O3/c1-23-15-4-2-3-13(11-15)17(22)20-19-10-9-16(21)12-5-7-14(18)8-6-12/h2-11,19H,1H3,(H,20,22)/b10-9+. The number of carbonyl (C=O) groups is 2. The first-order valence-electron chi connectivity index (χ1n) is 6.76. The third-order valence-corrected chi connectivity index (χ3v) is 3.22. The highest BCUT2D eigenvalue weighted by Crippen LogP contribution is 2.12. The van der Waals surface area contributed by atoms with Crippen molar-refractivity contribution in [3.63, 3.8) is 0 Å². The summed E-state index contributed by atoms with van der Waals surface area (Å²) in [6.45, 7) is 0. The zero-order chi connectivity index (χ0) is 16.7. The van der Waals surface area contributed by atoms with E-state index in [-0.39, 0.29) is 11.7 Å². The Kier molecular flexibility index (Phi) is 5.77. The van der Waals surface area contributed by atoms with Gasteiger partial charge in [0.25, 0.3) is 5.91 Å². The van der Waals surface area contributed by atoms with Gasteiger partial charge in [-0.25, -0.2) is 0 Å². The molecule has 0 fully saturated rings. The molecule has 0 aromatic heterocycles. The van der Waals surface area contributed by atoms with E-state index in [0.29, 0.717) is 21.9 Å². The predicted octanol–water partition coefficient (Wildman–Crippen LogP) is 2.98. The zero-order valence-corrected chi connectivity index (χ0v) is 13.1. The number of carbonyl (C=O) groups excluding carboxylic acids is 2. The molecular weight excluding hydrogens is 316 g/mol. The van der Waals surface area contributed by atoms with Crippen LogP contribution in [0.2, 0.25) is 5.02 Å². The fraction of sp³-hybridized carbons (Fsp3) is 0.0588. The van der Waals surface area contributed by atoms with Crippen LogP contribution in [0.25, 0.3) is 0 Å². The molecule has 0 saturated carbocycles.